The molecule has 0 fully saturated rings. The Bertz CT molecular complexity index is 3100. The fourth-order valence-electron chi connectivity index (χ4n) is 8.10. The van der Waals surface area contributed by atoms with E-state index < -0.39 is 0 Å². The van der Waals surface area contributed by atoms with Crippen LogP contribution in [0, 0.1) is 0 Å². The molecule has 53 heavy (non-hydrogen) atoms. The van der Waals surface area contributed by atoms with E-state index in [9.17, 15) is 4.79 Å². The second-order valence-corrected chi connectivity index (χ2v) is 14.5. The average molecular weight is 740 g/mol. The topological polar surface area (TPSA) is 17.1 Å². The van der Waals surface area contributed by atoms with Crippen LogP contribution in [0.5, 0.6) is 0 Å². The quantitative estimate of drug-likeness (QED) is 0.127. The van der Waals surface area contributed by atoms with Crippen LogP contribution in [0.15, 0.2) is 188 Å². The van der Waals surface area contributed by atoms with Crippen molar-refractivity contribution in [2.45, 2.75) is 0 Å². The monoisotopic (exact) mass is 738 g/mol. The Hall–Kier alpha value is -6.35. The van der Waals surface area contributed by atoms with Crippen LogP contribution < -0.4 is 0 Å². The van der Waals surface area contributed by atoms with E-state index in [4.69, 9.17) is 0 Å². The van der Waals surface area contributed by atoms with Crippen molar-refractivity contribution < 1.29 is 4.79 Å². The van der Waals surface area contributed by atoms with E-state index in [-0.39, 0.29) is 4.69 Å². The molecule has 0 atom stereocenters. The third kappa shape index (κ3) is 5.51. The zero-order valence-electron chi connectivity index (χ0n) is 28.7. The minimum Gasteiger partial charge on any atom is -0.281 e. The molecule has 10 rings (SSSR count). The molecule has 0 aromatic heterocycles. The molecule has 1 nitrogen and oxygen atoms in total. The summed E-state index contributed by atoms with van der Waals surface area (Å²) in [4.78, 5) is 12.0. The summed E-state index contributed by atoms with van der Waals surface area (Å²) in [6.07, 6.45) is 0. The van der Waals surface area contributed by atoms with Crippen molar-refractivity contribution in [1.82, 2.24) is 0 Å². The lowest BCUT2D eigenvalue weighted by atomic mass is 9.84. The molecular weight excluding hydrogens is 708 g/mol. The molecule has 0 saturated carbocycles. The van der Waals surface area contributed by atoms with Crippen LogP contribution in [0.4, 0.5) is 0 Å². The van der Waals surface area contributed by atoms with Gasteiger partial charge in [0.15, 0.2) is 0 Å². The first-order valence-electron chi connectivity index (χ1n) is 17.9. The van der Waals surface area contributed by atoms with Gasteiger partial charge in [-0.3, -0.25) is 4.79 Å². The summed E-state index contributed by atoms with van der Waals surface area (Å²) in [6, 6.07) is 67.9. The summed E-state index contributed by atoms with van der Waals surface area (Å²) in [5, 5.41) is 12.2. The summed E-state index contributed by atoms with van der Waals surface area (Å²) < 4.78 is -0.110. The van der Waals surface area contributed by atoms with Crippen molar-refractivity contribution in [3.63, 3.8) is 0 Å². The molecular formula is C51H31BrO. The highest BCUT2D eigenvalue weighted by Gasteiger charge is 2.18. The molecule has 0 amide bonds. The van der Waals surface area contributed by atoms with Gasteiger partial charge in [0.2, 0.25) is 4.69 Å². The Morgan fingerprint density at radius 2 is 0.698 bits per heavy atom. The second-order valence-electron chi connectivity index (χ2n) is 13.8. The maximum atomic E-state index is 12.0. The lowest BCUT2D eigenvalue weighted by Gasteiger charge is -2.19. The van der Waals surface area contributed by atoms with Gasteiger partial charge in [-0.1, -0.05) is 152 Å². The second kappa shape index (κ2) is 12.7. The number of hydrogen-bond donors (Lipinski definition) is 0. The summed E-state index contributed by atoms with van der Waals surface area (Å²) in [6.45, 7) is 0. The van der Waals surface area contributed by atoms with Crippen molar-refractivity contribution in [2.24, 2.45) is 0 Å². The Labute approximate surface area is 315 Å². The van der Waals surface area contributed by atoms with E-state index in [0.29, 0.717) is 5.56 Å². The van der Waals surface area contributed by atoms with Gasteiger partial charge >= 0.3 is 0 Å². The van der Waals surface area contributed by atoms with Gasteiger partial charge in [0, 0.05) is 5.56 Å². The van der Waals surface area contributed by atoms with E-state index in [1.165, 1.54) is 81.9 Å². The largest absolute Gasteiger partial charge is 0.281 e. The van der Waals surface area contributed by atoms with E-state index in [0.717, 1.165) is 16.5 Å². The molecule has 0 spiro atoms. The Morgan fingerprint density at radius 1 is 0.302 bits per heavy atom. The van der Waals surface area contributed by atoms with Gasteiger partial charge in [-0.15, -0.1) is 0 Å². The van der Waals surface area contributed by atoms with Gasteiger partial charge in [-0.05, 0) is 151 Å². The maximum absolute atomic E-state index is 12.0. The van der Waals surface area contributed by atoms with Crippen LogP contribution in [0.1, 0.15) is 10.4 Å². The highest BCUT2D eigenvalue weighted by atomic mass is 79.9. The first-order valence-corrected chi connectivity index (χ1v) is 18.7. The molecule has 0 heterocycles. The van der Waals surface area contributed by atoms with Crippen LogP contribution in [0.2, 0.25) is 0 Å². The molecule has 0 unspecified atom stereocenters. The lowest BCUT2D eigenvalue weighted by Crippen LogP contribution is -1.92. The molecule has 0 saturated heterocycles. The molecule has 248 valence electrons. The zero-order valence-corrected chi connectivity index (χ0v) is 30.3. The molecule has 0 aliphatic heterocycles. The van der Waals surface area contributed by atoms with Gasteiger partial charge in [0.25, 0.3) is 0 Å². The van der Waals surface area contributed by atoms with Gasteiger partial charge in [0.05, 0.1) is 0 Å². The van der Waals surface area contributed by atoms with Gasteiger partial charge in [-0.2, -0.15) is 0 Å². The maximum Gasteiger partial charge on any atom is 0.228 e. The minimum atomic E-state index is -0.110. The summed E-state index contributed by atoms with van der Waals surface area (Å²) in [7, 11) is 0. The number of halogens is 1. The van der Waals surface area contributed by atoms with Crippen LogP contribution >= 0.6 is 15.9 Å². The van der Waals surface area contributed by atoms with Crippen LogP contribution in [-0.4, -0.2) is 4.69 Å². The van der Waals surface area contributed by atoms with Crippen molar-refractivity contribution >= 4 is 74.5 Å². The van der Waals surface area contributed by atoms with E-state index >= 15 is 0 Å². The average Bonchev–Trinajstić information content (AvgIpc) is 3.22. The third-order valence-corrected chi connectivity index (χ3v) is 11.2. The molecule has 2 heteroatoms. The van der Waals surface area contributed by atoms with E-state index in [1.54, 1.807) is 0 Å². The molecule has 10 aromatic carbocycles. The predicted octanol–water partition coefficient (Wildman–Crippen LogP) is 14.7. The van der Waals surface area contributed by atoms with E-state index in [2.05, 4.69) is 180 Å². The van der Waals surface area contributed by atoms with Crippen LogP contribution in [0.25, 0.3) is 98.4 Å². The predicted molar refractivity (Wildman–Crippen MR) is 229 cm³/mol. The molecule has 10 aromatic rings. The summed E-state index contributed by atoms with van der Waals surface area (Å²) in [5.74, 6) is 0. The van der Waals surface area contributed by atoms with Crippen molar-refractivity contribution in [1.29, 1.82) is 0 Å². The van der Waals surface area contributed by atoms with Crippen molar-refractivity contribution in [3.05, 3.63) is 194 Å². The number of carbonyl (C=O) groups is 1. The van der Waals surface area contributed by atoms with Crippen molar-refractivity contribution in [3.8, 4) is 44.5 Å². The lowest BCUT2D eigenvalue weighted by molar-refractivity contribution is 0.109. The molecule has 0 aliphatic rings. The molecule has 0 radical (unpaired) electrons. The summed E-state index contributed by atoms with van der Waals surface area (Å²) in [5.41, 5.74) is 10.0. The van der Waals surface area contributed by atoms with Crippen molar-refractivity contribution in [2.75, 3.05) is 0 Å². The van der Waals surface area contributed by atoms with Crippen LogP contribution in [-0.2, 0) is 0 Å². The number of carbonyl (C=O) groups excluding carboxylic acids is 1. The number of rotatable bonds is 5. The number of hydrogen-bond acceptors (Lipinski definition) is 1. The first-order chi connectivity index (χ1) is 26.1. The molecule has 0 bridgehead atoms. The third-order valence-electron chi connectivity index (χ3n) is 10.7. The van der Waals surface area contributed by atoms with Crippen LogP contribution in [0.3, 0.4) is 0 Å². The molecule has 0 N–H and O–H groups in total. The normalized spacial score (nSPS) is 11.6. The fourth-order valence-corrected chi connectivity index (χ4v) is 8.34. The number of benzene rings is 10. The standard InChI is InChI=1S/C51H31BrO/c52-51(53)44-13-7-12-36(30-44)37-18-19-39-27-40(21-20-38(39)26-37)41-24-25-47-48(31-41)50(43-23-17-33-9-2-4-11-35(33)29-43)46-15-6-5-14-45(46)49(47)42-22-16-32-8-1-3-10-34(32)28-42/h1-31H. The fraction of sp³-hybridized carbons (Fsp3) is 0. The summed E-state index contributed by atoms with van der Waals surface area (Å²) >= 11 is 3.10. The molecule has 0 aliphatic carbocycles. The highest BCUT2D eigenvalue weighted by Crippen LogP contribution is 2.46. The zero-order chi connectivity index (χ0) is 35.5. The Kier molecular flexibility index (Phi) is 7.52. The SMILES string of the molecule is O=C(Br)c1cccc(-c2ccc3cc(-c4ccc5c(-c6ccc7ccccc7c6)c6ccccc6c(-c6ccc7ccccc7c6)c5c4)ccc3c2)c1. The highest BCUT2D eigenvalue weighted by molar-refractivity contribution is 9.18. The minimum absolute atomic E-state index is 0.110. The smallest absolute Gasteiger partial charge is 0.228 e. The number of fused-ring (bicyclic) bond motifs is 5. The van der Waals surface area contributed by atoms with Gasteiger partial charge in [-0.25, -0.2) is 0 Å². The first kappa shape index (κ1) is 31.4. The van der Waals surface area contributed by atoms with E-state index in [1.807, 2.05) is 24.3 Å². The Morgan fingerprint density at radius 3 is 1.28 bits per heavy atom. The Balaban J connectivity index is 1.19. The van der Waals surface area contributed by atoms with Gasteiger partial charge in [0.1, 0.15) is 0 Å². The van der Waals surface area contributed by atoms with Gasteiger partial charge < -0.3 is 0 Å².